The molecule has 0 atom stereocenters. The van der Waals surface area contributed by atoms with Crippen LogP contribution < -0.4 is 20.9 Å². The third-order valence-corrected chi connectivity index (χ3v) is 7.23. The molecule has 3 aromatic carbocycles. The number of nitrogens with zero attached hydrogens (tertiary/aromatic N) is 2. The predicted octanol–water partition coefficient (Wildman–Crippen LogP) is 6.46. The SMILES string of the molecule is CNC(=O)c1ccc(/C=C/C(=O)NCC(=O)N(C)c2ccc(Cl)c(CNc3cccc4ccc(C)nc34)c2Cl)cc1.Cl.Cl. The van der Waals surface area contributed by atoms with Crippen LogP contribution in [0.25, 0.3) is 17.0 Å². The molecule has 12 heteroatoms. The fraction of sp³-hybridized carbons (Fsp3) is 0.161. The third kappa shape index (κ3) is 8.84. The van der Waals surface area contributed by atoms with Crippen molar-refractivity contribution in [3.05, 3.63) is 105 Å². The third-order valence-electron chi connectivity index (χ3n) is 6.46. The average Bonchev–Trinajstić information content (AvgIpc) is 2.98. The lowest BCUT2D eigenvalue weighted by Gasteiger charge is -2.21. The van der Waals surface area contributed by atoms with E-state index in [1.165, 1.54) is 11.0 Å². The minimum absolute atomic E-state index is 0. The van der Waals surface area contributed by atoms with E-state index in [1.54, 1.807) is 56.6 Å². The quantitative estimate of drug-likeness (QED) is 0.179. The van der Waals surface area contributed by atoms with E-state index in [0.717, 1.165) is 27.8 Å². The normalized spacial score (nSPS) is 10.4. The van der Waals surface area contributed by atoms with Crippen LogP contribution in [0.3, 0.4) is 0 Å². The molecule has 226 valence electrons. The predicted molar refractivity (Wildman–Crippen MR) is 180 cm³/mol. The molecule has 3 amide bonds. The lowest BCUT2D eigenvalue weighted by molar-refractivity contribution is -0.122. The summed E-state index contributed by atoms with van der Waals surface area (Å²) in [6.07, 6.45) is 2.92. The number of para-hydroxylation sites is 1. The highest BCUT2D eigenvalue weighted by Crippen LogP contribution is 2.35. The molecule has 0 radical (unpaired) electrons. The second-order valence-electron chi connectivity index (χ2n) is 9.25. The van der Waals surface area contributed by atoms with Crippen LogP contribution in [0.2, 0.25) is 10.0 Å². The number of halogens is 4. The van der Waals surface area contributed by atoms with Crippen molar-refractivity contribution in [1.82, 2.24) is 15.6 Å². The van der Waals surface area contributed by atoms with Gasteiger partial charge in [0.05, 0.1) is 28.5 Å². The number of anilines is 2. The molecule has 0 aliphatic rings. The summed E-state index contributed by atoms with van der Waals surface area (Å²) < 4.78 is 0. The molecule has 8 nitrogen and oxygen atoms in total. The lowest BCUT2D eigenvalue weighted by atomic mass is 10.1. The summed E-state index contributed by atoms with van der Waals surface area (Å²) >= 11 is 13.2. The minimum atomic E-state index is -0.437. The largest absolute Gasteiger partial charge is 0.379 e. The standard InChI is InChI=1S/C31H29Cl2N5O3.2ClH/c1-19-7-11-21-5-4-6-25(30(21)37-19)35-17-23-24(32)14-15-26(29(23)33)38(3)28(40)18-36-27(39)16-10-20-8-12-22(13-9-20)31(41)34-2;;/h4-16,35H,17-18H2,1-3H3,(H,34,41)(H,36,39);2*1H/b16-10+;;. The molecule has 0 saturated heterocycles. The number of aryl methyl sites for hydroxylation is 1. The van der Waals surface area contributed by atoms with Crippen molar-refractivity contribution in [3.63, 3.8) is 0 Å². The zero-order valence-corrected chi connectivity index (χ0v) is 26.8. The molecule has 3 N–H and O–H groups in total. The van der Waals surface area contributed by atoms with Crippen LogP contribution in [0.5, 0.6) is 0 Å². The fourth-order valence-corrected chi connectivity index (χ4v) is 4.74. The molecule has 43 heavy (non-hydrogen) atoms. The van der Waals surface area contributed by atoms with Crippen molar-refractivity contribution in [2.45, 2.75) is 13.5 Å². The Kier molecular flexibility index (Phi) is 13.3. The van der Waals surface area contributed by atoms with Crippen LogP contribution in [-0.2, 0) is 16.1 Å². The topological polar surface area (TPSA) is 103 Å². The monoisotopic (exact) mass is 661 g/mol. The Balaban J connectivity index is 0.00000323. The summed E-state index contributed by atoms with van der Waals surface area (Å²) in [6, 6.07) is 20.0. The first-order valence-electron chi connectivity index (χ1n) is 12.8. The minimum Gasteiger partial charge on any atom is -0.379 e. The number of nitrogens with one attached hydrogen (secondary N) is 3. The summed E-state index contributed by atoms with van der Waals surface area (Å²) in [5, 5.41) is 10.3. The molecule has 0 aliphatic carbocycles. The van der Waals surface area contributed by atoms with E-state index in [-0.39, 0.29) is 43.2 Å². The maximum Gasteiger partial charge on any atom is 0.251 e. The van der Waals surface area contributed by atoms with E-state index in [9.17, 15) is 14.4 Å². The van der Waals surface area contributed by atoms with Crippen molar-refractivity contribution >= 4 is 94.1 Å². The number of carbonyl (C=O) groups is 3. The number of rotatable bonds is 9. The Morgan fingerprint density at radius 3 is 2.37 bits per heavy atom. The summed E-state index contributed by atoms with van der Waals surface area (Å²) in [5.41, 5.74) is 4.93. The first-order valence-corrected chi connectivity index (χ1v) is 13.5. The van der Waals surface area contributed by atoms with E-state index in [1.807, 2.05) is 37.3 Å². The van der Waals surface area contributed by atoms with Gasteiger partial charge in [-0.2, -0.15) is 0 Å². The molecule has 0 spiro atoms. The highest BCUT2D eigenvalue weighted by molar-refractivity contribution is 6.38. The van der Waals surface area contributed by atoms with E-state index in [0.29, 0.717) is 33.4 Å². The summed E-state index contributed by atoms with van der Waals surface area (Å²) in [7, 11) is 3.14. The van der Waals surface area contributed by atoms with Crippen LogP contribution >= 0.6 is 48.0 Å². The zero-order valence-electron chi connectivity index (χ0n) is 23.6. The Labute approximate surface area is 272 Å². The Bertz CT molecular complexity index is 1650. The molecule has 1 aromatic heterocycles. The highest BCUT2D eigenvalue weighted by Gasteiger charge is 2.19. The number of likely N-dealkylation sites (N-methyl/N-ethyl adjacent to an activating group) is 1. The van der Waals surface area contributed by atoms with Gasteiger partial charge in [0.25, 0.3) is 5.91 Å². The molecule has 4 aromatic rings. The average molecular weight is 663 g/mol. The Morgan fingerprint density at radius 2 is 1.67 bits per heavy atom. The van der Waals surface area contributed by atoms with Crippen molar-refractivity contribution in [3.8, 4) is 0 Å². The van der Waals surface area contributed by atoms with Gasteiger partial charge in [-0.1, -0.05) is 53.5 Å². The molecular formula is C31H31Cl4N5O3. The zero-order chi connectivity index (χ0) is 29.5. The molecule has 0 unspecified atom stereocenters. The van der Waals surface area contributed by atoms with Gasteiger partial charge in [-0.25, -0.2) is 0 Å². The number of aromatic nitrogens is 1. The Hall–Kier alpha value is -3.82. The van der Waals surface area contributed by atoms with Crippen molar-refractivity contribution < 1.29 is 14.4 Å². The lowest BCUT2D eigenvalue weighted by Crippen LogP contribution is -2.37. The van der Waals surface area contributed by atoms with E-state index in [2.05, 4.69) is 20.9 Å². The van der Waals surface area contributed by atoms with Gasteiger partial charge < -0.3 is 20.9 Å². The molecule has 4 rings (SSSR count). The number of hydrogen-bond donors (Lipinski definition) is 3. The summed E-state index contributed by atoms with van der Waals surface area (Å²) in [5.74, 6) is -0.992. The number of carbonyl (C=O) groups excluding carboxylic acids is 3. The van der Waals surface area contributed by atoms with Gasteiger partial charge in [-0.15, -0.1) is 24.8 Å². The number of amides is 3. The number of fused-ring (bicyclic) bond motifs is 1. The van der Waals surface area contributed by atoms with Crippen LogP contribution in [0.1, 0.15) is 27.2 Å². The maximum absolute atomic E-state index is 12.9. The van der Waals surface area contributed by atoms with Gasteiger partial charge in [-0.3, -0.25) is 19.4 Å². The van der Waals surface area contributed by atoms with E-state index < -0.39 is 5.91 Å². The molecule has 0 saturated carbocycles. The molecule has 0 bridgehead atoms. The van der Waals surface area contributed by atoms with Gasteiger partial charge >= 0.3 is 0 Å². The smallest absolute Gasteiger partial charge is 0.251 e. The van der Waals surface area contributed by atoms with Gasteiger partial charge in [0.15, 0.2) is 0 Å². The van der Waals surface area contributed by atoms with Crippen LogP contribution in [0.15, 0.2) is 72.8 Å². The number of pyridine rings is 1. The molecular weight excluding hydrogens is 632 g/mol. The first kappa shape index (κ1) is 35.4. The van der Waals surface area contributed by atoms with E-state index in [4.69, 9.17) is 23.2 Å². The van der Waals surface area contributed by atoms with Gasteiger partial charge in [0.2, 0.25) is 11.8 Å². The Morgan fingerprint density at radius 1 is 0.953 bits per heavy atom. The molecule has 0 fully saturated rings. The first-order chi connectivity index (χ1) is 19.7. The van der Waals surface area contributed by atoms with Crippen LogP contribution in [0, 0.1) is 6.92 Å². The second kappa shape index (κ2) is 16.1. The van der Waals surface area contributed by atoms with E-state index >= 15 is 0 Å². The second-order valence-corrected chi connectivity index (χ2v) is 10.0. The maximum atomic E-state index is 12.9. The van der Waals surface area contributed by atoms with Crippen molar-refractivity contribution in [1.29, 1.82) is 0 Å². The van der Waals surface area contributed by atoms with Crippen molar-refractivity contribution in [2.75, 3.05) is 30.9 Å². The van der Waals surface area contributed by atoms with Crippen LogP contribution in [0.4, 0.5) is 11.4 Å². The van der Waals surface area contributed by atoms with Gasteiger partial charge in [-0.05, 0) is 55.0 Å². The van der Waals surface area contributed by atoms with Crippen LogP contribution in [-0.4, -0.2) is 43.3 Å². The number of benzene rings is 3. The van der Waals surface area contributed by atoms with Gasteiger partial charge in [0.1, 0.15) is 0 Å². The summed E-state index contributed by atoms with van der Waals surface area (Å²) in [4.78, 5) is 42.9. The summed E-state index contributed by atoms with van der Waals surface area (Å²) in [6.45, 7) is 2.02. The molecule has 0 aliphatic heterocycles. The fourth-order valence-electron chi connectivity index (χ4n) is 4.11. The van der Waals surface area contributed by atoms with Crippen molar-refractivity contribution in [2.24, 2.45) is 0 Å². The molecule has 1 heterocycles. The highest BCUT2D eigenvalue weighted by atomic mass is 35.5. The van der Waals surface area contributed by atoms with Gasteiger partial charge in [0, 0.05) is 53.9 Å². The number of hydrogen-bond acceptors (Lipinski definition) is 5.